The van der Waals surface area contributed by atoms with Crippen LogP contribution in [0.1, 0.15) is 39.0 Å². The number of amides is 3. The summed E-state index contributed by atoms with van der Waals surface area (Å²) in [6.45, 7) is 6.89. The van der Waals surface area contributed by atoms with E-state index in [1.165, 1.54) is 0 Å². The van der Waals surface area contributed by atoms with Gasteiger partial charge in [0.15, 0.2) is 0 Å². The van der Waals surface area contributed by atoms with Gasteiger partial charge in [0.1, 0.15) is 6.10 Å². The van der Waals surface area contributed by atoms with Gasteiger partial charge in [0.2, 0.25) is 11.8 Å². The van der Waals surface area contributed by atoms with E-state index in [0.29, 0.717) is 26.2 Å². The standard InChI is InChI=1S/C36H45N5O4/c1-2-37-35(43)29-17-22-40(23-18-29)27-41(30-13-7-4-8-14-30)34(42)21-26-39-24-19-31(20-25-39)45-36(44)38-33-16-10-9-15-32(33)28-11-5-3-6-12-28/h3-16,29,31H,2,17-27H2,1H3,(H,37,43)(H,38,44). The molecule has 2 saturated heterocycles. The molecule has 0 aromatic heterocycles. The van der Waals surface area contributed by atoms with Crippen LogP contribution in [0.25, 0.3) is 11.1 Å². The number of likely N-dealkylation sites (tertiary alicyclic amines) is 2. The fourth-order valence-corrected chi connectivity index (χ4v) is 6.16. The topological polar surface area (TPSA) is 94.2 Å². The van der Waals surface area contributed by atoms with Crippen molar-refractivity contribution in [1.82, 2.24) is 15.1 Å². The molecule has 2 aliphatic rings. The normalized spacial score (nSPS) is 16.6. The monoisotopic (exact) mass is 611 g/mol. The minimum atomic E-state index is -0.444. The Balaban J connectivity index is 1.08. The molecule has 9 nitrogen and oxygen atoms in total. The van der Waals surface area contributed by atoms with Crippen LogP contribution in [0.15, 0.2) is 84.9 Å². The van der Waals surface area contributed by atoms with Gasteiger partial charge < -0.3 is 15.0 Å². The first-order chi connectivity index (χ1) is 22.0. The van der Waals surface area contributed by atoms with Crippen LogP contribution in [0.3, 0.4) is 0 Å². The van der Waals surface area contributed by atoms with Crippen molar-refractivity contribution in [1.29, 1.82) is 0 Å². The van der Waals surface area contributed by atoms with Gasteiger partial charge in [-0.2, -0.15) is 0 Å². The number of carbonyl (C=O) groups is 3. The molecular weight excluding hydrogens is 566 g/mol. The highest BCUT2D eigenvalue weighted by molar-refractivity contribution is 5.93. The Morgan fingerprint density at radius 1 is 0.800 bits per heavy atom. The molecule has 0 saturated carbocycles. The zero-order valence-corrected chi connectivity index (χ0v) is 26.2. The van der Waals surface area contributed by atoms with Gasteiger partial charge in [0.25, 0.3) is 0 Å². The van der Waals surface area contributed by atoms with E-state index in [2.05, 4.69) is 20.4 Å². The minimum absolute atomic E-state index is 0.0464. The van der Waals surface area contributed by atoms with Crippen molar-refractivity contribution >= 4 is 29.3 Å². The number of piperidine rings is 2. The van der Waals surface area contributed by atoms with E-state index in [9.17, 15) is 14.4 Å². The van der Waals surface area contributed by atoms with Crippen molar-refractivity contribution in [2.75, 3.05) is 56.2 Å². The molecule has 5 rings (SSSR count). The Bertz CT molecular complexity index is 1390. The van der Waals surface area contributed by atoms with E-state index in [-0.39, 0.29) is 23.8 Å². The lowest BCUT2D eigenvalue weighted by Gasteiger charge is -2.36. The zero-order valence-electron chi connectivity index (χ0n) is 26.2. The molecule has 2 aliphatic heterocycles. The second-order valence-electron chi connectivity index (χ2n) is 11.8. The molecule has 0 spiro atoms. The van der Waals surface area contributed by atoms with Gasteiger partial charge >= 0.3 is 6.09 Å². The van der Waals surface area contributed by atoms with Gasteiger partial charge in [0, 0.05) is 62.9 Å². The summed E-state index contributed by atoms with van der Waals surface area (Å²) < 4.78 is 5.79. The molecular formula is C36H45N5O4. The van der Waals surface area contributed by atoms with Crippen LogP contribution in [0, 0.1) is 5.92 Å². The number of para-hydroxylation sites is 2. The van der Waals surface area contributed by atoms with Crippen molar-refractivity contribution < 1.29 is 19.1 Å². The summed E-state index contributed by atoms with van der Waals surface area (Å²) in [4.78, 5) is 45.1. The van der Waals surface area contributed by atoms with Crippen LogP contribution in [-0.2, 0) is 14.3 Å². The smallest absolute Gasteiger partial charge is 0.411 e. The highest BCUT2D eigenvalue weighted by Crippen LogP contribution is 2.28. The average molecular weight is 612 g/mol. The van der Waals surface area contributed by atoms with E-state index in [1.54, 1.807) is 0 Å². The number of nitrogens with zero attached hydrogens (tertiary/aromatic N) is 3. The first-order valence-electron chi connectivity index (χ1n) is 16.2. The first-order valence-corrected chi connectivity index (χ1v) is 16.2. The molecule has 3 amide bonds. The lowest BCUT2D eigenvalue weighted by atomic mass is 9.96. The summed E-state index contributed by atoms with van der Waals surface area (Å²) in [7, 11) is 0. The largest absolute Gasteiger partial charge is 0.446 e. The second-order valence-corrected chi connectivity index (χ2v) is 11.8. The average Bonchev–Trinajstić information content (AvgIpc) is 3.08. The van der Waals surface area contributed by atoms with Gasteiger partial charge in [-0.3, -0.25) is 24.7 Å². The molecule has 45 heavy (non-hydrogen) atoms. The molecule has 2 heterocycles. The molecule has 0 radical (unpaired) electrons. The highest BCUT2D eigenvalue weighted by atomic mass is 16.6. The predicted molar refractivity (Wildman–Crippen MR) is 178 cm³/mol. The lowest BCUT2D eigenvalue weighted by Crippen LogP contribution is -2.47. The number of hydrogen-bond donors (Lipinski definition) is 2. The quantitative estimate of drug-likeness (QED) is 0.294. The summed E-state index contributed by atoms with van der Waals surface area (Å²) in [6, 6.07) is 27.5. The Morgan fingerprint density at radius 2 is 1.42 bits per heavy atom. The van der Waals surface area contributed by atoms with E-state index in [1.807, 2.05) is 96.8 Å². The van der Waals surface area contributed by atoms with E-state index in [4.69, 9.17) is 4.74 Å². The van der Waals surface area contributed by atoms with Crippen molar-refractivity contribution in [3.05, 3.63) is 84.9 Å². The highest BCUT2D eigenvalue weighted by Gasteiger charge is 2.28. The number of rotatable bonds is 11. The van der Waals surface area contributed by atoms with Crippen molar-refractivity contribution in [2.45, 2.75) is 45.1 Å². The third-order valence-electron chi connectivity index (χ3n) is 8.72. The molecule has 2 fully saturated rings. The lowest BCUT2D eigenvalue weighted by molar-refractivity contribution is -0.126. The Hall–Kier alpha value is -4.21. The molecule has 9 heteroatoms. The Kier molecular flexibility index (Phi) is 11.6. The molecule has 0 atom stereocenters. The van der Waals surface area contributed by atoms with Crippen LogP contribution in [-0.4, -0.2) is 79.7 Å². The number of anilines is 2. The molecule has 0 unspecified atom stereocenters. The number of nitrogens with one attached hydrogen (secondary N) is 2. The fourth-order valence-electron chi connectivity index (χ4n) is 6.16. The maximum Gasteiger partial charge on any atom is 0.411 e. The summed E-state index contributed by atoms with van der Waals surface area (Å²) >= 11 is 0. The van der Waals surface area contributed by atoms with Crippen LogP contribution < -0.4 is 15.5 Å². The Labute approximate surface area is 266 Å². The van der Waals surface area contributed by atoms with E-state index in [0.717, 1.165) is 74.4 Å². The van der Waals surface area contributed by atoms with Crippen molar-refractivity contribution in [3.8, 4) is 11.1 Å². The van der Waals surface area contributed by atoms with E-state index < -0.39 is 6.09 Å². The van der Waals surface area contributed by atoms with Gasteiger partial charge in [-0.1, -0.05) is 66.7 Å². The summed E-state index contributed by atoms with van der Waals surface area (Å²) in [5.74, 6) is 0.267. The molecule has 0 bridgehead atoms. The maximum absolute atomic E-state index is 13.6. The summed E-state index contributed by atoms with van der Waals surface area (Å²) in [5.41, 5.74) is 3.59. The van der Waals surface area contributed by atoms with Gasteiger partial charge in [-0.05, 0) is 56.4 Å². The number of carbonyl (C=O) groups excluding carboxylic acids is 3. The van der Waals surface area contributed by atoms with Crippen molar-refractivity contribution in [2.24, 2.45) is 5.92 Å². The zero-order chi connectivity index (χ0) is 31.4. The first kappa shape index (κ1) is 32.2. The van der Waals surface area contributed by atoms with Gasteiger partial charge in [-0.15, -0.1) is 0 Å². The third kappa shape index (κ3) is 9.15. The van der Waals surface area contributed by atoms with Crippen LogP contribution in [0.2, 0.25) is 0 Å². The molecule has 0 aliphatic carbocycles. The van der Waals surface area contributed by atoms with Crippen LogP contribution in [0.5, 0.6) is 0 Å². The molecule has 3 aromatic rings. The maximum atomic E-state index is 13.6. The fraction of sp³-hybridized carbons (Fsp3) is 0.417. The predicted octanol–water partition coefficient (Wildman–Crippen LogP) is 5.60. The van der Waals surface area contributed by atoms with E-state index >= 15 is 0 Å². The van der Waals surface area contributed by atoms with Crippen LogP contribution in [0.4, 0.5) is 16.2 Å². The Morgan fingerprint density at radius 3 is 2.11 bits per heavy atom. The van der Waals surface area contributed by atoms with Gasteiger partial charge in [0.05, 0.1) is 12.4 Å². The minimum Gasteiger partial charge on any atom is -0.446 e. The third-order valence-corrected chi connectivity index (χ3v) is 8.72. The molecule has 3 aromatic carbocycles. The number of hydrogen-bond acceptors (Lipinski definition) is 6. The van der Waals surface area contributed by atoms with Crippen molar-refractivity contribution in [3.63, 3.8) is 0 Å². The summed E-state index contributed by atoms with van der Waals surface area (Å²) in [5, 5.41) is 5.87. The second kappa shape index (κ2) is 16.2. The van der Waals surface area contributed by atoms with Crippen LogP contribution >= 0.6 is 0 Å². The molecule has 238 valence electrons. The number of benzene rings is 3. The SMILES string of the molecule is CCNC(=O)C1CCN(CN(C(=O)CCN2CCC(OC(=O)Nc3ccccc3-c3ccccc3)CC2)c2ccccc2)CC1. The summed E-state index contributed by atoms with van der Waals surface area (Å²) in [6.07, 6.45) is 2.86. The van der Waals surface area contributed by atoms with Gasteiger partial charge in [-0.25, -0.2) is 4.79 Å². The number of ether oxygens (including phenoxy) is 1. The molecule has 2 N–H and O–H groups in total.